The van der Waals surface area contributed by atoms with Crippen molar-refractivity contribution >= 4 is 0 Å². The van der Waals surface area contributed by atoms with Gasteiger partial charge in [-0.15, -0.1) is 0 Å². The predicted octanol–water partition coefficient (Wildman–Crippen LogP) is 0.798. The molecule has 0 saturated heterocycles. The summed E-state index contributed by atoms with van der Waals surface area (Å²) in [4.78, 5) is 4.15. The minimum atomic E-state index is 0.749. The van der Waals surface area contributed by atoms with Gasteiger partial charge >= 0.3 is 0 Å². The number of aryl methyl sites for hydroxylation is 1. The lowest BCUT2D eigenvalue weighted by molar-refractivity contribution is 0.562. The van der Waals surface area contributed by atoms with E-state index >= 15 is 0 Å². The molecule has 1 N–H and O–H groups in total. The fourth-order valence-electron chi connectivity index (χ4n) is 1.00. The van der Waals surface area contributed by atoms with Gasteiger partial charge < -0.3 is 5.32 Å². The topological polar surface area (TPSA) is 42.7 Å². The normalized spacial score (nSPS) is 10.5. The van der Waals surface area contributed by atoms with Gasteiger partial charge in [-0.1, -0.05) is 13.3 Å². The van der Waals surface area contributed by atoms with Crippen LogP contribution in [-0.4, -0.2) is 21.8 Å². The highest BCUT2D eigenvalue weighted by Gasteiger charge is 1.97. The molecule has 0 spiro atoms. The van der Waals surface area contributed by atoms with E-state index in [0.717, 1.165) is 18.9 Å². The Kier molecular flexibility index (Phi) is 3.73. The fourth-order valence-corrected chi connectivity index (χ4v) is 1.00. The third kappa shape index (κ3) is 2.62. The van der Waals surface area contributed by atoms with Crippen LogP contribution >= 0.6 is 0 Å². The van der Waals surface area contributed by atoms with Gasteiger partial charge in [-0.2, -0.15) is 5.10 Å². The van der Waals surface area contributed by atoms with Crippen molar-refractivity contribution in [3.8, 4) is 0 Å². The summed E-state index contributed by atoms with van der Waals surface area (Å²) in [6, 6.07) is 0. The summed E-state index contributed by atoms with van der Waals surface area (Å²) >= 11 is 0. The van der Waals surface area contributed by atoms with Crippen molar-refractivity contribution in [3.05, 3.63) is 12.2 Å². The molecule has 1 aromatic rings. The van der Waals surface area contributed by atoms with Gasteiger partial charge in [-0.3, -0.25) is 4.68 Å². The zero-order valence-corrected chi connectivity index (χ0v) is 7.75. The van der Waals surface area contributed by atoms with Crippen LogP contribution in [0.1, 0.15) is 25.6 Å². The highest BCUT2D eigenvalue weighted by Crippen LogP contribution is 1.93. The molecule has 1 aromatic heterocycles. The first kappa shape index (κ1) is 9.19. The number of nitrogens with zero attached hydrogens (tertiary/aromatic N) is 3. The maximum Gasteiger partial charge on any atom is 0.164 e. The summed E-state index contributed by atoms with van der Waals surface area (Å²) in [5, 5.41) is 7.30. The Balaban J connectivity index is 2.41. The second-order valence-electron chi connectivity index (χ2n) is 2.81. The summed E-state index contributed by atoms with van der Waals surface area (Å²) in [6.45, 7) is 3.90. The summed E-state index contributed by atoms with van der Waals surface area (Å²) < 4.78 is 1.90. The van der Waals surface area contributed by atoms with Crippen LogP contribution in [0.2, 0.25) is 0 Å². The van der Waals surface area contributed by atoms with Crippen LogP contribution in [0, 0.1) is 0 Å². The minimum Gasteiger partial charge on any atom is -0.313 e. The molecule has 0 atom stereocenters. The highest BCUT2D eigenvalue weighted by molar-refractivity contribution is 4.79. The molecule has 0 bridgehead atoms. The van der Waals surface area contributed by atoms with Gasteiger partial charge in [-0.25, -0.2) is 4.98 Å². The van der Waals surface area contributed by atoms with Crippen LogP contribution in [0.4, 0.5) is 0 Å². The van der Waals surface area contributed by atoms with E-state index in [1.165, 1.54) is 12.8 Å². The number of aromatic nitrogens is 3. The van der Waals surface area contributed by atoms with Gasteiger partial charge in [0.15, 0.2) is 5.82 Å². The highest BCUT2D eigenvalue weighted by atomic mass is 15.3. The first-order valence-corrected chi connectivity index (χ1v) is 4.39. The van der Waals surface area contributed by atoms with E-state index in [1.54, 1.807) is 6.33 Å². The number of hydrogen-bond donors (Lipinski definition) is 1. The van der Waals surface area contributed by atoms with Gasteiger partial charge in [0.25, 0.3) is 0 Å². The summed E-state index contributed by atoms with van der Waals surface area (Å²) in [7, 11) is 1.90. The molecule has 0 aromatic carbocycles. The average molecular weight is 168 g/mol. The van der Waals surface area contributed by atoms with Crippen LogP contribution in [0.3, 0.4) is 0 Å². The van der Waals surface area contributed by atoms with E-state index in [1.807, 2.05) is 11.7 Å². The Labute approximate surface area is 73.0 Å². The van der Waals surface area contributed by atoms with Crippen molar-refractivity contribution in [3.63, 3.8) is 0 Å². The molecular formula is C8H16N4. The van der Waals surface area contributed by atoms with Crippen molar-refractivity contribution in [2.75, 3.05) is 7.05 Å². The third-order valence-electron chi connectivity index (χ3n) is 1.66. The zero-order chi connectivity index (χ0) is 8.81. The van der Waals surface area contributed by atoms with Crippen molar-refractivity contribution in [1.29, 1.82) is 0 Å². The zero-order valence-electron chi connectivity index (χ0n) is 7.75. The Morgan fingerprint density at radius 3 is 3.08 bits per heavy atom. The van der Waals surface area contributed by atoms with Gasteiger partial charge in [0.2, 0.25) is 0 Å². The van der Waals surface area contributed by atoms with Crippen LogP contribution in [0.25, 0.3) is 0 Å². The van der Waals surface area contributed by atoms with E-state index in [4.69, 9.17) is 0 Å². The summed E-state index contributed by atoms with van der Waals surface area (Å²) in [5.41, 5.74) is 0. The van der Waals surface area contributed by atoms with E-state index in [9.17, 15) is 0 Å². The lowest BCUT2D eigenvalue weighted by Crippen LogP contribution is -2.07. The van der Waals surface area contributed by atoms with Crippen molar-refractivity contribution in [2.45, 2.75) is 32.9 Å². The molecule has 0 aliphatic heterocycles. The molecule has 0 radical (unpaired) electrons. The van der Waals surface area contributed by atoms with E-state index < -0.39 is 0 Å². The average Bonchev–Trinajstić information content (AvgIpc) is 2.50. The van der Waals surface area contributed by atoms with Crippen molar-refractivity contribution in [1.82, 2.24) is 20.1 Å². The van der Waals surface area contributed by atoms with Gasteiger partial charge in [-0.05, 0) is 13.5 Å². The van der Waals surface area contributed by atoms with Crippen molar-refractivity contribution < 1.29 is 0 Å². The Morgan fingerprint density at radius 1 is 1.58 bits per heavy atom. The van der Waals surface area contributed by atoms with Gasteiger partial charge in [0, 0.05) is 6.54 Å². The molecule has 1 heterocycles. The molecule has 0 unspecified atom stereocenters. The second-order valence-corrected chi connectivity index (χ2v) is 2.81. The lowest BCUT2D eigenvalue weighted by atomic mass is 10.3. The molecular weight excluding hydrogens is 152 g/mol. The first-order valence-electron chi connectivity index (χ1n) is 4.39. The number of unbranched alkanes of at least 4 members (excludes halogenated alkanes) is 1. The second kappa shape index (κ2) is 4.87. The van der Waals surface area contributed by atoms with Gasteiger partial charge in [0.1, 0.15) is 6.33 Å². The quantitative estimate of drug-likeness (QED) is 0.707. The largest absolute Gasteiger partial charge is 0.313 e. The Morgan fingerprint density at radius 2 is 2.42 bits per heavy atom. The molecule has 0 saturated carbocycles. The molecule has 4 heteroatoms. The standard InChI is InChI=1S/C8H16N4/c1-3-4-5-12-7-10-8(11-12)6-9-2/h7,9H,3-6H2,1-2H3. The molecule has 0 aliphatic carbocycles. The fraction of sp³-hybridized carbons (Fsp3) is 0.750. The molecule has 1 rings (SSSR count). The van der Waals surface area contributed by atoms with E-state index in [0.29, 0.717) is 0 Å². The van der Waals surface area contributed by atoms with E-state index in [-0.39, 0.29) is 0 Å². The third-order valence-corrected chi connectivity index (χ3v) is 1.66. The summed E-state index contributed by atoms with van der Waals surface area (Å²) in [6.07, 6.45) is 4.16. The number of rotatable bonds is 5. The predicted molar refractivity (Wildman–Crippen MR) is 47.7 cm³/mol. The molecule has 4 nitrogen and oxygen atoms in total. The monoisotopic (exact) mass is 168 g/mol. The molecule has 0 fully saturated rings. The van der Waals surface area contributed by atoms with Crippen LogP contribution < -0.4 is 5.32 Å². The lowest BCUT2D eigenvalue weighted by Gasteiger charge is -1.96. The number of hydrogen-bond acceptors (Lipinski definition) is 3. The molecule has 12 heavy (non-hydrogen) atoms. The van der Waals surface area contributed by atoms with Crippen molar-refractivity contribution in [2.24, 2.45) is 0 Å². The maximum absolute atomic E-state index is 4.28. The SMILES string of the molecule is CCCCn1cnc(CNC)n1. The van der Waals surface area contributed by atoms with E-state index in [2.05, 4.69) is 22.3 Å². The van der Waals surface area contributed by atoms with Crippen LogP contribution in [-0.2, 0) is 13.1 Å². The van der Waals surface area contributed by atoms with Crippen LogP contribution in [0.15, 0.2) is 6.33 Å². The Hall–Kier alpha value is -0.900. The maximum atomic E-state index is 4.28. The van der Waals surface area contributed by atoms with Gasteiger partial charge in [0.05, 0.1) is 6.54 Å². The smallest absolute Gasteiger partial charge is 0.164 e. The first-order chi connectivity index (χ1) is 5.86. The number of nitrogens with one attached hydrogen (secondary N) is 1. The van der Waals surface area contributed by atoms with Crippen LogP contribution in [0.5, 0.6) is 0 Å². The minimum absolute atomic E-state index is 0.749. The molecule has 0 aliphatic rings. The molecule has 68 valence electrons. The summed E-state index contributed by atoms with van der Waals surface area (Å²) in [5.74, 6) is 0.869. The Bertz CT molecular complexity index is 219. The molecule has 0 amide bonds.